The van der Waals surface area contributed by atoms with Crippen LogP contribution in [-0.2, 0) is 18.4 Å². The predicted molar refractivity (Wildman–Crippen MR) is 56.0 cm³/mol. The van der Waals surface area contributed by atoms with Gasteiger partial charge in [0.05, 0.1) is 19.4 Å². The maximum atomic E-state index is 11.8. The molecule has 0 aliphatic heterocycles. The molecule has 0 saturated heterocycles. The number of hydrogen-bond acceptors (Lipinski definition) is 5. The van der Waals surface area contributed by atoms with E-state index in [4.69, 9.17) is 19.9 Å². The monoisotopic (exact) mass is 239 g/mol. The molecule has 0 rings (SSSR count). The Morgan fingerprint density at radius 3 is 2.20 bits per heavy atom. The van der Waals surface area contributed by atoms with Crippen molar-refractivity contribution in [1.82, 2.24) is 0 Å². The van der Waals surface area contributed by atoms with Gasteiger partial charge in [0.15, 0.2) is 0 Å². The van der Waals surface area contributed by atoms with E-state index >= 15 is 0 Å². The number of carboxylic acid groups (broad SMARTS) is 1. The normalized spacial score (nSPS) is 13.8. The third-order valence-electron chi connectivity index (χ3n) is 1.68. The minimum Gasteiger partial charge on any atom is -0.480 e. The number of carbonyl (C=O) groups is 1. The molecule has 1 atom stereocenters. The molecule has 0 bridgehead atoms. The number of aliphatic carboxylic acids is 1. The maximum Gasteiger partial charge on any atom is 0.330 e. The van der Waals surface area contributed by atoms with E-state index in [1.807, 2.05) is 0 Å². The summed E-state index contributed by atoms with van der Waals surface area (Å²) in [4.78, 5) is 10.4. The van der Waals surface area contributed by atoms with Crippen LogP contribution in [0.4, 0.5) is 0 Å². The first-order valence-corrected chi connectivity index (χ1v) is 6.54. The minimum absolute atomic E-state index is 0.0299. The van der Waals surface area contributed by atoms with Crippen LogP contribution in [0.15, 0.2) is 0 Å². The van der Waals surface area contributed by atoms with Crippen molar-refractivity contribution < 1.29 is 23.5 Å². The molecule has 0 fully saturated rings. The average molecular weight is 239 g/mol. The van der Waals surface area contributed by atoms with Gasteiger partial charge in [0.2, 0.25) is 0 Å². The van der Waals surface area contributed by atoms with E-state index < -0.39 is 19.6 Å². The molecule has 0 spiro atoms. The fourth-order valence-corrected chi connectivity index (χ4v) is 2.69. The Labute approximate surface area is 89.3 Å². The molecule has 0 aromatic carbocycles. The molecule has 90 valence electrons. The van der Waals surface area contributed by atoms with Gasteiger partial charge in [0.1, 0.15) is 6.04 Å². The van der Waals surface area contributed by atoms with Crippen molar-refractivity contribution >= 4 is 13.6 Å². The van der Waals surface area contributed by atoms with Crippen molar-refractivity contribution in [3.8, 4) is 0 Å². The van der Waals surface area contributed by atoms with Gasteiger partial charge in [-0.3, -0.25) is 9.36 Å². The van der Waals surface area contributed by atoms with Gasteiger partial charge in [-0.05, 0) is 20.3 Å². The molecule has 0 aliphatic carbocycles. The SMILES string of the molecule is CCOP(=O)(CC[C@H](N)C(=O)O)OCC. The van der Waals surface area contributed by atoms with Gasteiger partial charge in [-0.15, -0.1) is 0 Å². The summed E-state index contributed by atoms with van der Waals surface area (Å²) >= 11 is 0. The zero-order chi connectivity index (χ0) is 11.9. The lowest BCUT2D eigenvalue weighted by Gasteiger charge is -2.17. The Hall–Kier alpha value is -0.420. The molecule has 15 heavy (non-hydrogen) atoms. The molecule has 6 nitrogen and oxygen atoms in total. The summed E-state index contributed by atoms with van der Waals surface area (Å²) in [5, 5.41) is 8.54. The van der Waals surface area contributed by atoms with Crippen molar-refractivity contribution in [1.29, 1.82) is 0 Å². The zero-order valence-corrected chi connectivity index (χ0v) is 9.90. The molecular formula is C8H18NO5P. The molecule has 3 N–H and O–H groups in total. The summed E-state index contributed by atoms with van der Waals surface area (Å²) in [7, 11) is -3.16. The second-order valence-electron chi connectivity index (χ2n) is 2.90. The van der Waals surface area contributed by atoms with Crippen molar-refractivity contribution in [2.45, 2.75) is 26.3 Å². The number of nitrogens with two attached hydrogens (primary N) is 1. The maximum absolute atomic E-state index is 11.8. The molecule has 0 amide bonds. The fourth-order valence-electron chi connectivity index (χ4n) is 0.980. The highest BCUT2D eigenvalue weighted by atomic mass is 31.2. The topological polar surface area (TPSA) is 98.9 Å². The lowest BCUT2D eigenvalue weighted by molar-refractivity contribution is -0.138. The lowest BCUT2D eigenvalue weighted by atomic mass is 10.2. The first-order valence-electron chi connectivity index (χ1n) is 4.81. The Bertz CT molecular complexity index is 235. The van der Waals surface area contributed by atoms with Gasteiger partial charge in [-0.25, -0.2) is 0 Å². The van der Waals surface area contributed by atoms with Crippen LogP contribution >= 0.6 is 7.60 Å². The highest BCUT2D eigenvalue weighted by Crippen LogP contribution is 2.48. The van der Waals surface area contributed by atoms with Gasteiger partial charge < -0.3 is 19.9 Å². The summed E-state index contributed by atoms with van der Waals surface area (Å²) in [5.74, 6) is -1.12. The predicted octanol–water partition coefficient (Wildman–Crippen LogP) is 1.05. The smallest absolute Gasteiger partial charge is 0.330 e. The van der Waals surface area contributed by atoms with Crippen LogP contribution in [0.3, 0.4) is 0 Å². The fraction of sp³-hybridized carbons (Fsp3) is 0.875. The number of rotatable bonds is 8. The third-order valence-corrected chi connectivity index (χ3v) is 3.79. The van der Waals surface area contributed by atoms with Crippen molar-refractivity contribution in [3.63, 3.8) is 0 Å². The molecule has 0 unspecified atom stereocenters. The Kier molecular flexibility index (Phi) is 6.76. The Morgan fingerprint density at radius 1 is 1.40 bits per heavy atom. The molecular weight excluding hydrogens is 221 g/mol. The van der Waals surface area contributed by atoms with Crippen LogP contribution in [0.25, 0.3) is 0 Å². The van der Waals surface area contributed by atoms with Gasteiger partial charge in [0.25, 0.3) is 0 Å². The number of carboxylic acids is 1. The quantitative estimate of drug-likeness (QED) is 0.614. The molecule has 7 heteroatoms. The molecule has 0 heterocycles. The summed E-state index contributed by atoms with van der Waals surface area (Å²) in [5.41, 5.74) is 5.28. The molecule has 0 radical (unpaired) electrons. The summed E-state index contributed by atoms with van der Waals surface area (Å²) in [6.07, 6.45) is 0.106. The van der Waals surface area contributed by atoms with E-state index in [1.54, 1.807) is 13.8 Å². The van der Waals surface area contributed by atoms with Crippen LogP contribution < -0.4 is 5.73 Å². The van der Waals surface area contributed by atoms with E-state index in [0.717, 1.165) is 0 Å². The summed E-state index contributed by atoms with van der Waals surface area (Å²) in [6, 6.07) is -1.03. The van der Waals surface area contributed by atoms with Gasteiger partial charge in [-0.1, -0.05) is 0 Å². The highest BCUT2D eigenvalue weighted by Gasteiger charge is 2.25. The standard InChI is InChI=1S/C8H18NO5P/c1-3-13-15(12,14-4-2)6-5-7(9)8(10)11/h7H,3-6,9H2,1-2H3,(H,10,11)/t7-/m0/s1. The van der Waals surface area contributed by atoms with Gasteiger partial charge in [0, 0.05) is 0 Å². The molecule has 0 aliphatic rings. The van der Waals surface area contributed by atoms with Gasteiger partial charge in [-0.2, -0.15) is 0 Å². The van der Waals surface area contributed by atoms with Crippen LogP contribution in [0, 0.1) is 0 Å². The lowest BCUT2D eigenvalue weighted by Crippen LogP contribution is -2.31. The van der Waals surface area contributed by atoms with Crippen molar-refractivity contribution in [3.05, 3.63) is 0 Å². The van der Waals surface area contributed by atoms with Crippen molar-refractivity contribution in [2.24, 2.45) is 5.73 Å². The van der Waals surface area contributed by atoms with Crippen LogP contribution in [-0.4, -0.2) is 36.5 Å². The van der Waals surface area contributed by atoms with E-state index in [1.165, 1.54) is 0 Å². The first-order chi connectivity index (χ1) is 6.95. The van der Waals surface area contributed by atoms with E-state index in [0.29, 0.717) is 0 Å². The zero-order valence-electron chi connectivity index (χ0n) is 9.01. The second kappa shape index (κ2) is 6.95. The minimum atomic E-state index is -3.16. The summed E-state index contributed by atoms with van der Waals surface area (Å²) in [6.45, 7) is 3.92. The first kappa shape index (κ1) is 14.6. The van der Waals surface area contributed by atoms with Crippen molar-refractivity contribution in [2.75, 3.05) is 19.4 Å². The van der Waals surface area contributed by atoms with E-state index in [2.05, 4.69) is 0 Å². The van der Waals surface area contributed by atoms with E-state index in [9.17, 15) is 9.36 Å². The summed E-state index contributed by atoms with van der Waals surface area (Å²) < 4.78 is 21.8. The average Bonchev–Trinajstić information content (AvgIpc) is 2.15. The number of hydrogen-bond donors (Lipinski definition) is 2. The van der Waals surface area contributed by atoms with Gasteiger partial charge >= 0.3 is 13.6 Å². The van der Waals surface area contributed by atoms with Crippen LogP contribution in [0.2, 0.25) is 0 Å². The van der Waals surface area contributed by atoms with Crippen LogP contribution in [0.1, 0.15) is 20.3 Å². The largest absolute Gasteiger partial charge is 0.480 e. The Balaban J connectivity index is 4.18. The third kappa shape index (κ3) is 5.89. The van der Waals surface area contributed by atoms with Crippen LogP contribution in [0.5, 0.6) is 0 Å². The molecule has 0 saturated carbocycles. The molecule has 0 aromatic rings. The molecule has 0 aromatic heterocycles. The highest BCUT2D eigenvalue weighted by molar-refractivity contribution is 7.53. The van der Waals surface area contributed by atoms with E-state index in [-0.39, 0.29) is 25.8 Å². The Morgan fingerprint density at radius 2 is 1.87 bits per heavy atom. The second-order valence-corrected chi connectivity index (χ2v) is 5.09.